The van der Waals surface area contributed by atoms with Gasteiger partial charge in [-0.3, -0.25) is 9.59 Å². The Morgan fingerprint density at radius 3 is 2.12 bits per heavy atom. The number of hydrogen-bond acceptors (Lipinski definition) is 4. The zero-order valence-corrected chi connectivity index (χ0v) is 13.5. The van der Waals surface area contributed by atoms with E-state index in [2.05, 4.69) is 24.5 Å². The van der Waals surface area contributed by atoms with Crippen molar-refractivity contribution in [2.75, 3.05) is 17.4 Å². The van der Waals surface area contributed by atoms with Crippen molar-refractivity contribution in [1.82, 2.24) is 0 Å². The van der Waals surface area contributed by atoms with Crippen LogP contribution in [-0.2, 0) is 9.59 Å². The SMILES string of the molecule is CC(C)c1ccc(NC(=O)C(=O)Nc2ccc3c(c2)OCO3)cc1. The van der Waals surface area contributed by atoms with E-state index >= 15 is 0 Å². The second-order valence-corrected chi connectivity index (χ2v) is 5.75. The van der Waals surface area contributed by atoms with Crippen molar-refractivity contribution < 1.29 is 19.1 Å². The Kier molecular flexibility index (Phi) is 4.37. The van der Waals surface area contributed by atoms with E-state index in [1.165, 1.54) is 0 Å². The molecular formula is C18H18N2O4. The average Bonchev–Trinajstić information content (AvgIpc) is 3.03. The van der Waals surface area contributed by atoms with Crippen LogP contribution in [-0.4, -0.2) is 18.6 Å². The number of ether oxygens (including phenoxy) is 2. The van der Waals surface area contributed by atoms with Gasteiger partial charge in [0.15, 0.2) is 11.5 Å². The molecule has 24 heavy (non-hydrogen) atoms. The summed E-state index contributed by atoms with van der Waals surface area (Å²) >= 11 is 0. The fourth-order valence-electron chi connectivity index (χ4n) is 2.30. The second kappa shape index (κ2) is 6.62. The monoisotopic (exact) mass is 326 g/mol. The lowest BCUT2D eigenvalue weighted by molar-refractivity contribution is -0.132. The van der Waals surface area contributed by atoms with E-state index in [4.69, 9.17) is 9.47 Å². The maximum absolute atomic E-state index is 12.0. The van der Waals surface area contributed by atoms with Crippen molar-refractivity contribution in [2.45, 2.75) is 19.8 Å². The molecule has 0 saturated heterocycles. The van der Waals surface area contributed by atoms with E-state index in [-0.39, 0.29) is 6.79 Å². The third kappa shape index (κ3) is 3.48. The molecule has 6 nitrogen and oxygen atoms in total. The Hall–Kier alpha value is -3.02. The molecule has 2 aromatic rings. The lowest BCUT2D eigenvalue weighted by atomic mass is 10.0. The van der Waals surface area contributed by atoms with E-state index in [9.17, 15) is 9.59 Å². The number of carbonyl (C=O) groups is 2. The molecule has 0 aromatic heterocycles. The summed E-state index contributed by atoms with van der Waals surface area (Å²) in [5.41, 5.74) is 2.21. The summed E-state index contributed by atoms with van der Waals surface area (Å²) in [6.45, 7) is 4.33. The minimum Gasteiger partial charge on any atom is -0.454 e. The highest BCUT2D eigenvalue weighted by Gasteiger charge is 2.17. The fourth-order valence-corrected chi connectivity index (χ4v) is 2.30. The number of benzene rings is 2. The van der Waals surface area contributed by atoms with Gasteiger partial charge in [-0.15, -0.1) is 0 Å². The Morgan fingerprint density at radius 1 is 0.875 bits per heavy atom. The standard InChI is InChI=1S/C18H18N2O4/c1-11(2)12-3-5-13(6-4-12)19-17(21)18(22)20-14-7-8-15-16(9-14)24-10-23-15/h3-9,11H,10H2,1-2H3,(H,19,21)(H,20,22). The van der Waals surface area contributed by atoms with E-state index < -0.39 is 11.8 Å². The highest BCUT2D eigenvalue weighted by atomic mass is 16.7. The molecule has 0 spiro atoms. The summed E-state index contributed by atoms with van der Waals surface area (Å²) in [4.78, 5) is 24.0. The quantitative estimate of drug-likeness (QED) is 0.850. The number of hydrogen-bond donors (Lipinski definition) is 2. The molecule has 2 amide bonds. The maximum Gasteiger partial charge on any atom is 0.314 e. The Morgan fingerprint density at radius 2 is 1.46 bits per heavy atom. The number of fused-ring (bicyclic) bond motifs is 1. The zero-order chi connectivity index (χ0) is 17.1. The van der Waals surface area contributed by atoms with Gasteiger partial charge in [0.25, 0.3) is 0 Å². The normalized spacial score (nSPS) is 12.1. The summed E-state index contributed by atoms with van der Waals surface area (Å²) in [6, 6.07) is 12.4. The van der Waals surface area contributed by atoms with Gasteiger partial charge in [-0.2, -0.15) is 0 Å². The Labute approximate surface area is 139 Å². The van der Waals surface area contributed by atoms with Crippen LogP contribution in [0.1, 0.15) is 25.3 Å². The minimum atomic E-state index is -0.748. The lowest BCUT2D eigenvalue weighted by Gasteiger charge is -2.09. The van der Waals surface area contributed by atoms with Crippen molar-refractivity contribution in [1.29, 1.82) is 0 Å². The molecule has 0 radical (unpaired) electrons. The molecule has 2 N–H and O–H groups in total. The van der Waals surface area contributed by atoms with Gasteiger partial charge >= 0.3 is 11.8 Å². The van der Waals surface area contributed by atoms with Crippen molar-refractivity contribution in [3.63, 3.8) is 0 Å². The number of nitrogens with one attached hydrogen (secondary N) is 2. The van der Waals surface area contributed by atoms with Gasteiger partial charge in [-0.1, -0.05) is 26.0 Å². The van der Waals surface area contributed by atoms with E-state index in [1.807, 2.05) is 12.1 Å². The molecule has 0 unspecified atom stereocenters. The maximum atomic E-state index is 12.0. The molecule has 3 rings (SSSR count). The molecular weight excluding hydrogens is 308 g/mol. The second-order valence-electron chi connectivity index (χ2n) is 5.75. The lowest BCUT2D eigenvalue weighted by Crippen LogP contribution is -2.29. The van der Waals surface area contributed by atoms with Crippen LogP contribution < -0.4 is 20.1 Å². The largest absolute Gasteiger partial charge is 0.454 e. The Balaban J connectivity index is 1.61. The van der Waals surface area contributed by atoms with Gasteiger partial charge in [-0.25, -0.2) is 0 Å². The number of amides is 2. The molecule has 1 aliphatic rings. The molecule has 6 heteroatoms. The third-order valence-corrected chi connectivity index (χ3v) is 3.67. The predicted octanol–water partition coefficient (Wildman–Crippen LogP) is 3.12. The number of anilines is 2. The van der Waals surface area contributed by atoms with Crippen LogP contribution in [0.5, 0.6) is 11.5 Å². The van der Waals surface area contributed by atoms with E-state index in [0.717, 1.165) is 5.56 Å². The van der Waals surface area contributed by atoms with E-state index in [0.29, 0.717) is 28.8 Å². The van der Waals surface area contributed by atoms with Crippen LogP contribution in [0.4, 0.5) is 11.4 Å². The molecule has 0 fully saturated rings. The first-order valence-corrected chi connectivity index (χ1v) is 7.65. The van der Waals surface area contributed by atoms with Gasteiger partial charge in [0.05, 0.1) is 0 Å². The van der Waals surface area contributed by atoms with Crippen LogP contribution in [0.2, 0.25) is 0 Å². The third-order valence-electron chi connectivity index (χ3n) is 3.67. The molecule has 1 heterocycles. The molecule has 2 aromatic carbocycles. The fraction of sp³-hybridized carbons (Fsp3) is 0.222. The van der Waals surface area contributed by atoms with Crippen LogP contribution in [0, 0.1) is 0 Å². The molecule has 0 bridgehead atoms. The molecule has 0 atom stereocenters. The van der Waals surface area contributed by atoms with Crippen molar-refractivity contribution in [3.05, 3.63) is 48.0 Å². The van der Waals surface area contributed by atoms with Crippen LogP contribution >= 0.6 is 0 Å². The number of carbonyl (C=O) groups excluding carboxylic acids is 2. The highest BCUT2D eigenvalue weighted by molar-refractivity contribution is 6.43. The molecule has 0 saturated carbocycles. The van der Waals surface area contributed by atoms with Crippen LogP contribution in [0.3, 0.4) is 0 Å². The first-order valence-electron chi connectivity index (χ1n) is 7.65. The Bertz CT molecular complexity index is 769. The summed E-state index contributed by atoms with van der Waals surface area (Å²) in [5, 5.41) is 5.11. The zero-order valence-electron chi connectivity index (χ0n) is 13.5. The topological polar surface area (TPSA) is 76.7 Å². The predicted molar refractivity (Wildman–Crippen MR) is 90.4 cm³/mol. The van der Waals surface area contributed by atoms with Crippen LogP contribution in [0.25, 0.3) is 0 Å². The first-order chi connectivity index (χ1) is 11.5. The van der Waals surface area contributed by atoms with Crippen LogP contribution in [0.15, 0.2) is 42.5 Å². The summed E-state index contributed by atoms with van der Waals surface area (Å²) in [7, 11) is 0. The van der Waals surface area contributed by atoms with Gasteiger partial charge in [0.1, 0.15) is 0 Å². The van der Waals surface area contributed by atoms with Gasteiger partial charge < -0.3 is 20.1 Å². The average molecular weight is 326 g/mol. The van der Waals surface area contributed by atoms with Crippen molar-refractivity contribution >= 4 is 23.2 Å². The highest BCUT2D eigenvalue weighted by Crippen LogP contribution is 2.34. The van der Waals surface area contributed by atoms with Crippen molar-refractivity contribution in [3.8, 4) is 11.5 Å². The number of rotatable bonds is 3. The summed E-state index contributed by atoms with van der Waals surface area (Å²) < 4.78 is 10.4. The summed E-state index contributed by atoms with van der Waals surface area (Å²) in [6.07, 6.45) is 0. The van der Waals surface area contributed by atoms with Gasteiger partial charge in [-0.05, 0) is 35.7 Å². The minimum absolute atomic E-state index is 0.152. The smallest absolute Gasteiger partial charge is 0.314 e. The van der Waals surface area contributed by atoms with E-state index in [1.54, 1.807) is 30.3 Å². The molecule has 1 aliphatic heterocycles. The first kappa shape index (κ1) is 15.9. The van der Waals surface area contributed by atoms with Crippen molar-refractivity contribution in [2.24, 2.45) is 0 Å². The molecule has 0 aliphatic carbocycles. The van der Waals surface area contributed by atoms with Gasteiger partial charge in [0, 0.05) is 17.4 Å². The van der Waals surface area contributed by atoms with Gasteiger partial charge in [0.2, 0.25) is 6.79 Å². The summed E-state index contributed by atoms with van der Waals surface area (Å²) in [5.74, 6) is 0.0796. The molecule has 124 valence electrons.